The Hall–Kier alpha value is -3.87. The lowest BCUT2D eigenvalue weighted by Gasteiger charge is -2.46. The molecule has 3 saturated heterocycles. The molecule has 0 radical (unpaired) electrons. The highest BCUT2D eigenvalue weighted by Gasteiger charge is 2.51. The second kappa shape index (κ2) is 15.1. The smallest absolute Gasteiger partial charge is 0.239 e. The van der Waals surface area contributed by atoms with Crippen LogP contribution in [-0.2, 0) is 23.7 Å². The highest BCUT2D eigenvalue weighted by molar-refractivity contribution is 5.88. The van der Waals surface area contributed by atoms with E-state index in [1.807, 2.05) is 0 Å². The third-order valence-electron chi connectivity index (χ3n) is 9.37. The van der Waals surface area contributed by atoms with Crippen molar-refractivity contribution in [1.29, 1.82) is 0 Å². The Bertz CT molecular complexity index is 1830. The summed E-state index contributed by atoms with van der Waals surface area (Å²) in [7, 11) is 0. The van der Waals surface area contributed by atoms with Gasteiger partial charge in [-0.1, -0.05) is 0 Å². The number of phenols is 4. The minimum atomic E-state index is -2.04. The zero-order valence-corrected chi connectivity index (χ0v) is 27.9. The third kappa shape index (κ3) is 7.34. The van der Waals surface area contributed by atoms with Crippen LogP contribution in [0.1, 0.15) is 13.8 Å². The van der Waals surface area contributed by atoms with Crippen LogP contribution in [0.4, 0.5) is 0 Å². The van der Waals surface area contributed by atoms with Crippen molar-refractivity contribution in [3.05, 3.63) is 40.6 Å². The van der Waals surface area contributed by atoms with E-state index < -0.39 is 144 Å². The van der Waals surface area contributed by atoms with E-state index in [0.29, 0.717) is 0 Å². The molecule has 6 rings (SSSR count). The fourth-order valence-corrected chi connectivity index (χ4v) is 6.25. The molecule has 0 aliphatic carbocycles. The molecule has 53 heavy (non-hydrogen) atoms. The summed E-state index contributed by atoms with van der Waals surface area (Å²) in [6.07, 6.45) is -24.7. The van der Waals surface area contributed by atoms with Crippen molar-refractivity contribution in [3.8, 4) is 40.1 Å². The molecular formula is C33H40O20. The molecule has 0 bridgehead atoms. The van der Waals surface area contributed by atoms with E-state index in [1.165, 1.54) is 19.9 Å². The number of hydrogen-bond donors (Lipinski definition) is 12. The van der Waals surface area contributed by atoms with E-state index in [2.05, 4.69) is 0 Å². The van der Waals surface area contributed by atoms with Gasteiger partial charge in [0, 0.05) is 17.7 Å². The van der Waals surface area contributed by atoms with Crippen molar-refractivity contribution in [2.24, 2.45) is 0 Å². The molecule has 20 heteroatoms. The van der Waals surface area contributed by atoms with Gasteiger partial charge >= 0.3 is 0 Å². The summed E-state index contributed by atoms with van der Waals surface area (Å²) in [4.78, 5) is 13.8. The van der Waals surface area contributed by atoms with Crippen LogP contribution in [0.2, 0.25) is 0 Å². The van der Waals surface area contributed by atoms with Gasteiger partial charge in [0.15, 0.2) is 29.8 Å². The zero-order valence-electron chi connectivity index (χ0n) is 27.9. The number of aliphatic hydroxyl groups is 8. The van der Waals surface area contributed by atoms with Crippen molar-refractivity contribution in [1.82, 2.24) is 0 Å². The van der Waals surface area contributed by atoms with Crippen LogP contribution in [0, 0.1) is 0 Å². The molecule has 3 aliphatic heterocycles. The predicted molar refractivity (Wildman–Crippen MR) is 171 cm³/mol. The van der Waals surface area contributed by atoms with E-state index in [-0.39, 0.29) is 11.1 Å². The Morgan fingerprint density at radius 3 is 1.94 bits per heavy atom. The molecule has 0 saturated carbocycles. The number of ether oxygens (including phenoxy) is 6. The van der Waals surface area contributed by atoms with Crippen LogP contribution in [0.15, 0.2) is 39.5 Å². The van der Waals surface area contributed by atoms with E-state index in [9.17, 15) is 66.1 Å². The Labute approximate surface area is 298 Å². The lowest BCUT2D eigenvalue weighted by Crippen LogP contribution is -2.64. The lowest BCUT2D eigenvalue weighted by atomic mass is 9.97. The molecule has 15 atom stereocenters. The maximum atomic E-state index is 13.8. The third-order valence-corrected chi connectivity index (χ3v) is 9.37. The molecule has 3 aromatic rings. The molecule has 4 heterocycles. The summed E-state index contributed by atoms with van der Waals surface area (Å²) in [5.41, 5.74) is -1.46. The van der Waals surface area contributed by atoms with E-state index in [1.54, 1.807) is 0 Å². The van der Waals surface area contributed by atoms with Gasteiger partial charge < -0.3 is 94.1 Å². The highest BCUT2D eigenvalue weighted by Crippen LogP contribution is 2.40. The van der Waals surface area contributed by atoms with E-state index in [4.69, 9.17) is 32.8 Å². The molecule has 1 aromatic heterocycles. The second-order valence-corrected chi connectivity index (χ2v) is 13.1. The summed E-state index contributed by atoms with van der Waals surface area (Å²) >= 11 is 0. The zero-order chi connectivity index (χ0) is 38.6. The van der Waals surface area contributed by atoms with E-state index in [0.717, 1.165) is 24.3 Å². The topological polar surface area (TPSA) is 328 Å². The average molecular weight is 757 g/mol. The number of hydrogen-bond acceptors (Lipinski definition) is 20. The standard InChI is InChI=1S/C33H40O20/c1-9-19(38)23(42)26(45)31(48-9)53-30-25(44)20(39)10(2)49-33(30)47-8-17-21(40)24(43)27(46)32(51-17)52-29-22(41)18-15(37)6-12(34)7-16(18)50-28(29)11-3-4-13(35)14(36)5-11/h3-7,9-10,17,19-21,23-27,30-40,42-46H,8H2,1-2H3/t9-,10-,17+,19-,20-,21+,23+,24-,25+,26+,27+,30+,31-,32-,33+/m0/s1. The molecule has 20 nitrogen and oxygen atoms in total. The first-order valence-electron chi connectivity index (χ1n) is 16.4. The van der Waals surface area contributed by atoms with Gasteiger partial charge in [0.2, 0.25) is 17.5 Å². The van der Waals surface area contributed by atoms with Gasteiger partial charge in [-0.3, -0.25) is 4.79 Å². The molecular weight excluding hydrogens is 716 g/mol. The fraction of sp³-hybridized carbons (Fsp3) is 0.545. The van der Waals surface area contributed by atoms with Crippen LogP contribution in [0.5, 0.6) is 28.7 Å². The van der Waals surface area contributed by atoms with Crippen LogP contribution < -0.4 is 10.2 Å². The molecule has 0 spiro atoms. The van der Waals surface area contributed by atoms with Crippen LogP contribution in [-0.4, -0.2) is 160 Å². The van der Waals surface area contributed by atoms with Crippen molar-refractivity contribution >= 4 is 11.0 Å². The predicted octanol–water partition coefficient (Wildman–Crippen LogP) is -2.84. The Morgan fingerprint density at radius 2 is 1.26 bits per heavy atom. The van der Waals surface area contributed by atoms with Gasteiger partial charge in [-0.25, -0.2) is 0 Å². The molecule has 3 fully saturated rings. The highest BCUT2D eigenvalue weighted by atomic mass is 16.8. The van der Waals surface area contributed by atoms with Crippen LogP contribution in [0.3, 0.4) is 0 Å². The molecule has 0 unspecified atom stereocenters. The van der Waals surface area contributed by atoms with Crippen molar-refractivity contribution in [2.75, 3.05) is 6.61 Å². The van der Waals surface area contributed by atoms with Gasteiger partial charge in [-0.05, 0) is 32.0 Å². The maximum absolute atomic E-state index is 13.8. The second-order valence-electron chi connectivity index (χ2n) is 13.1. The molecule has 3 aliphatic rings. The van der Waals surface area contributed by atoms with Gasteiger partial charge in [-0.15, -0.1) is 0 Å². The quantitative estimate of drug-likeness (QED) is 0.103. The fourth-order valence-electron chi connectivity index (χ4n) is 6.25. The minimum Gasteiger partial charge on any atom is -0.508 e. The summed E-state index contributed by atoms with van der Waals surface area (Å²) in [5, 5.41) is 125. The van der Waals surface area contributed by atoms with Gasteiger partial charge in [0.25, 0.3) is 0 Å². The van der Waals surface area contributed by atoms with Crippen molar-refractivity contribution in [2.45, 2.75) is 106 Å². The summed E-state index contributed by atoms with van der Waals surface area (Å²) in [6, 6.07) is 5.14. The maximum Gasteiger partial charge on any atom is 0.239 e. The molecule has 12 N–H and O–H groups in total. The lowest BCUT2D eigenvalue weighted by molar-refractivity contribution is -0.367. The average Bonchev–Trinajstić information content (AvgIpc) is 3.11. The summed E-state index contributed by atoms with van der Waals surface area (Å²) < 4.78 is 39.8. The Balaban J connectivity index is 1.27. The monoisotopic (exact) mass is 756 g/mol. The summed E-state index contributed by atoms with van der Waals surface area (Å²) in [5.74, 6) is -3.53. The number of rotatable bonds is 8. The number of aliphatic hydroxyl groups excluding tert-OH is 8. The first-order chi connectivity index (χ1) is 25.0. The van der Waals surface area contributed by atoms with Gasteiger partial charge in [-0.2, -0.15) is 0 Å². The van der Waals surface area contributed by atoms with Crippen molar-refractivity contribution in [3.63, 3.8) is 0 Å². The molecule has 292 valence electrons. The van der Waals surface area contributed by atoms with E-state index >= 15 is 0 Å². The van der Waals surface area contributed by atoms with Gasteiger partial charge in [0.1, 0.15) is 83.5 Å². The number of aromatic hydroxyl groups is 4. The van der Waals surface area contributed by atoms with Gasteiger partial charge in [0.05, 0.1) is 18.8 Å². The largest absolute Gasteiger partial charge is 0.508 e. The molecule has 2 aromatic carbocycles. The number of fused-ring (bicyclic) bond motifs is 1. The van der Waals surface area contributed by atoms with Crippen molar-refractivity contribution < 1.29 is 94.1 Å². The van der Waals surface area contributed by atoms with Crippen LogP contribution in [0.25, 0.3) is 22.3 Å². The normalized spacial score (nSPS) is 37.8. The Kier molecular flexibility index (Phi) is 11.1. The first-order valence-corrected chi connectivity index (χ1v) is 16.4. The number of benzene rings is 2. The SMILES string of the molecule is C[C@@H]1O[C@@H](O[C@H]2[C@H](OC[C@H]3O[C@@H](Oc4c(-c5ccc(O)c(O)c5)oc5cc(O)cc(O)c5c4=O)[C@H](O)[C@@H](O)[C@@H]3O)O[C@@H](C)[C@H](O)[C@H]2O)[C@H](O)[C@H](O)[C@H]1O. The number of phenolic OH excluding ortho intramolecular Hbond substituents is 4. The summed E-state index contributed by atoms with van der Waals surface area (Å²) in [6.45, 7) is 2.08. The van der Waals surface area contributed by atoms with Crippen LogP contribution >= 0.6 is 0 Å². The Morgan fingerprint density at radius 1 is 0.642 bits per heavy atom. The minimum absolute atomic E-state index is 0.0678. The first kappa shape index (κ1) is 38.8. The molecule has 0 amide bonds.